The van der Waals surface area contributed by atoms with Gasteiger partial charge in [-0.3, -0.25) is 14.6 Å². The molecule has 0 spiro atoms. The number of hydrogen-bond donors (Lipinski definition) is 1. The highest BCUT2D eigenvalue weighted by Crippen LogP contribution is 2.36. The summed E-state index contributed by atoms with van der Waals surface area (Å²) < 4.78 is 1.04. The molecule has 0 saturated carbocycles. The Kier molecular flexibility index (Phi) is 6.72. The number of aromatic nitrogens is 1. The van der Waals surface area contributed by atoms with E-state index < -0.39 is 12.2 Å². The first-order chi connectivity index (χ1) is 19.0. The standard InChI is InChI=1S/C29H28N6O3S/c1-32(29(38)30-15-20-9-4-2-5-10-20)34-18-25(36)35-24(34)17-33(28(37)26(35)21-11-6-3-7-12-21)16-22-13-8-14-23-27(22)39-19-31-23/h2-14,19,24,26H,15-18H2,1H3,(H,30,38)/t24-,26+/m1/s1. The van der Waals surface area contributed by atoms with Crippen LogP contribution in [0.25, 0.3) is 10.2 Å². The minimum atomic E-state index is -0.774. The van der Waals surface area contributed by atoms with E-state index in [2.05, 4.69) is 10.3 Å². The van der Waals surface area contributed by atoms with Crippen molar-refractivity contribution in [2.75, 3.05) is 20.1 Å². The van der Waals surface area contributed by atoms with E-state index >= 15 is 0 Å². The lowest BCUT2D eigenvalue weighted by molar-refractivity contribution is -0.157. The molecule has 0 aliphatic carbocycles. The third kappa shape index (κ3) is 4.73. The van der Waals surface area contributed by atoms with E-state index in [0.29, 0.717) is 13.1 Å². The molecule has 3 heterocycles. The monoisotopic (exact) mass is 540 g/mol. The van der Waals surface area contributed by atoms with Gasteiger partial charge in [0.15, 0.2) is 0 Å². The fourth-order valence-corrected chi connectivity index (χ4v) is 6.18. The maximum absolute atomic E-state index is 14.0. The molecule has 2 fully saturated rings. The number of nitrogens with one attached hydrogen (secondary N) is 1. The Bertz CT molecular complexity index is 1510. The van der Waals surface area contributed by atoms with Crippen LogP contribution in [0.15, 0.2) is 84.4 Å². The number of rotatable bonds is 6. The van der Waals surface area contributed by atoms with Crippen LogP contribution in [-0.4, -0.2) is 69.0 Å². The highest BCUT2D eigenvalue weighted by atomic mass is 32.1. The zero-order valence-corrected chi connectivity index (χ0v) is 22.3. The van der Waals surface area contributed by atoms with E-state index in [1.807, 2.05) is 78.9 Å². The van der Waals surface area contributed by atoms with Crippen molar-refractivity contribution >= 4 is 39.4 Å². The molecule has 4 aromatic rings. The van der Waals surface area contributed by atoms with Crippen molar-refractivity contribution in [1.29, 1.82) is 0 Å². The number of thiazole rings is 1. The first-order valence-electron chi connectivity index (χ1n) is 12.8. The molecule has 10 heteroatoms. The number of urea groups is 1. The highest BCUT2D eigenvalue weighted by Gasteiger charge is 2.52. The zero-order chi connectivity index (χ0) is 26.9. The Morgan fingerprint density at radius 2 is 1.77 bits per heavy atom. The number of carbonyl (C=O) groups excluding carboxylic acids is 3. The molecule has 0 radical (unpaired) electrons. The first kappa shape index (κ1) is 25.0. The third-order valence-electron chi connectivity index (χ3n) is 7.34. The molecule has 4 amide bonds. The Labute approximate surface area is 230 Å². The SMILES string of the molecule is CN(C(=O)NCc1ccccc1)N1CC(=O)N2[C@@H](c3ccccc3)C(=O)N(Cc3cccc4ncsc34)C[C@@H]21. The largest absolute Gasteiger partial charge is 0.333 e. The zero-order valence-electron chi connectivity index (χ0n) is 21.4. The Morgan fingerprint density at radius 1 is 1.03 bits per heavy atom. The van der Waals surface area contributed by atoms with E-state index in [-0.39, 0.29) is 30.9 Å². The minimum Gasteiger partial charge on any atom is -0.333 e. The number of hydrazine groups is 1. The van der Waals surface area contributed by atoms with Gasteiger partial charge in [0.1, 0.15) is 12.2 Å². The van der Waals surface area contributed by atoms with Gasteiger partial charge in [-0.05, 0) is 22.8 Å². The van der Waals surface area contributed by atoms with Gasteiger partial charge in [-0.1, -0.05) is 72.8 Å². The second kappa shape index (κ2) is 10.5. The predicted molar refractivity (Wildman–Crippen MR) is 148 cm³/mol. The lowest BCUT2D eigenvalue weighted by Gasteiger charge is -2.45. The number of amides is 4. The number of fused-ring (bicyclic) bond motifs is 2. The van der Waals surface area contributed by atoms with E-state index in [0.717, 1.165) is 26.9 Å². The number of benzene rings is 3. The van der Waals surface area contributed by atoms with Gasteiger partial charge < -0.3 is 15.1 Å². The van der Waals surface area contributed by atoms with Crippen LogP contribution in [0.2, 0.25) is 0 Å². The van der Waals surface area contributed by atoms with Crippen molar-refractivity contribution in [3.05, 3.63) is 101 Å². The van der Waals surface area contributed by atoms with Crippen molar-refractivity contribution in [1.82, 2.24) is 30.1 Å². The van der Waals surface area contributed by atoms with Crippen LogP contribution in [0.4, 0.5) is 4.79 Å². The minimum absolute atomic E-state index is 0.00873. The normalized spacial score (nSPS) is 19.4. The van der Waals surface area contributed by atoms with Crippen LogP contribution >= 0.6 is 11.3 Å². The van der Waals surface area contributed by atoms with Crippen LogP contribution in [0, 0.1) is 0 Å². The summed E-state index contributed by atoms with van der Waals surface area (Å²) in [6, 6.07) is 23.9. The van der Waals surface area contributed by atoms with Gasteiger partial charge in [-0.2, -0.15) is 5.01 Å². The van der Waals surface area contributed by atoms with E-state index in [1.54, 1.807) is 38.7 Å². The molecule has 1 aromatic heterocycles. The summed E-state index contributed by atoms with van der Waals surface area (Å²) in [5, 5.41) is 6.15. The Hall–Kier alpha value is -4.28. The summed E-state index contributed by atoms with van der Waals surface area (Å²) >= 11 is 1.55. The molecule has 9 nitrogen and oxygen atoms in total. The van der Waals surface area contributed by atoms with Crippen molar-refractivity contribution in [2.24, 2.45) is 0 Å². The first-order valence-corrected chi connectivity index (χ1v) is 13.7. The third-order valence-corrected chi connectivity index (χ3v) is 8.26. The fourth-order valence-electron chi connectivity index (χ4n) is 5.38. The van der Waals surface area contributed by atoms with Crippen molar-refractivity contribution < 1.29 is 14.4 Å². The summed E-state index contributed by atoms with van der Waals surface area (Å²) in [4.78, 5) is 48.4. The number of carbonyl (C=O) groups is 3. The van der Waals surface area contributed by atoms with Crippen LogP contribution in [0.5, 0.6) is 0 Å². The van der Waals surface area contributed by atoms with Gasteiger partial charge in [-0.25, -0.2) is 9.78 Å². The quantitative estimate of drug-likeness (QED) is 0.404. The topological polar surface area (TPSA) is 89.1 Å². The molecule has 1 N–H and O–H groups in total. The van der Waals surface area contributed by atoms with Crippen LogP contribution in [0.3, 0.4) is 0 Å². The Balaban J connectivity index is 1.29. The van der Waals surface area contributed by atoms with E-state index in [4.69, 9.17) is 0 Å². The lowest BCUT2D eigenvalue weighted by Crippen LogP contribution is -2.62. The average molecular weight is 541 g/mol. The maximum atomic E-state index is 14.0. The molecular weight excluding hydrogens is 512 g/mol. The molecule has 2 atom stereocenters. The molecule has 6 rings (SSSR count). The van der Waals surface area contributed by atoms with Crippen molar-refractivity contribution in [3.8, 4) is 0 Å². The number of piperazine rings is 1. The van der Waals surface area contributed by atoms with Crippen LogP contribution < -0.4 is 5.32 Å². The van der Waals surface area contributed by atoms with Gasteiger partial charge >= 0.3 is 6.03 Å². The van der Waals surface area contributed by atoms with Gasteiger partial charge in [0.2, 0.25) is 5.91 Å². The number of nitrogens with zero attached hydrogens (tertiary/aromatic N) is 5. The summed E-state index contributed by atoms with van der Waals surface area (Å²) in [6.45, 7) is 1.04. The van der Waals surface area contributed by atoms with Gasteiger partial charge in [0.05, 0.1) is 28.8 Å². The van der Waals surface area contributed by atoms with Crippen LogP contribution in [0.1, 0.15) is 22.7 Å². The number of hydrogen-bond acceptors (Lipinski definition) is 6. The molecule has 2 aliphatic rings. The second-order valence-corrected chi connectivity index (χ2v) is 10.6. The van der Waals surface area contributed by atoms with Gasteiger partial charge in [-0.15, -0.1) is 11.3 Å². The average Bonchev–Trinajstić information content (AvgIpc) is 3.58. The van der Waals surface area contributed by atoms with E-state index in [9.17, 15) is 14.4 Å². The summed E-state index contributed by atoms with van der Waals surface area (Å²) in [7, 11) is 1.66. The maximum Gasteiger partial charge on any atom is 0.332 e. The molecule has 2 aliphatic heterocycles. The molecule has 39 heavy (non-hydrogen) atoms. The van der Waals surface area contributed by atoms with Gasteiger partial charge in [0, 0.05) is 20.1 Å². The molecule has 0 unspecified atom stereocenters. The lowest BCUT2D eigenvalue weighted by atomic mass is 10.00. The molecule has 2 saturated heterocycles. The Morgan fingerprint density at radius 3 is 2.54 bits per heavy atom. The predicted octanol–water partition coefficient (Wildman–Crippen LogP) is 3.61. The molecular formula is C29H28N6O3S. The summed E-state index contributed by atoms with van der Waals surface area (Å²) in [5.41, 5.74) is 5.44. The molecule has 3 aromatic carbocycles. The summed E-state index contributed by atoms with van der Waals surface area (Å²) in [6.07, 6.45) is -0.492. The van der Waals surface area contributed by atoms with Gasteiger partial charge in [0.25, 0.3) is 5.91 Å². The van der Waals surface area contributed by atoms with Crippen molar-refractivity contribution in [2.45, 2.75) is 25.3 Å². The smallest absolute Gasteiger partial charge is 0.332 e. The van der Waals surface area contributed by atoms with Crippen molar-refractivity contribution in [3.63, 3.8) is 0 Å². The highest BCUT2D eigenvalue weighted by molar-refractivity contribution is 7.16. The molecule has 0 bridgehead atoms. The van der Waals surface area contributed by atoms with E-state index in [1.165, 1.54) is 5.01 Å². The second-order valence-electron chi connectivity index (χ2n) is 9.70. The fraction of sp³-hybridized carbons (Fsp3) is 0.241. The summed E-state index contributed by atoms with van der Waals surface area (Å²) in [5.74, 6) is -0.320. The molecule has 198 valence electrons. The van der Waals surface area contributed by atoms with Crippen LogP contribution in [-0.2, 0) is 22.7 Å².